The summed E-state index contributed by atoms with van der Waals surface area (Å²) in [5.74, 6) is -0.653. The average molecular weight is 298 g/mol. The first-order valence-electron chi connectivity index (χ1n) is 6.76. The zero-order valence-corrected chi connectivity index (χ0v) is 12.6. The van der Waals surface area contributed by atoms with Gasteiger partial charge in [-0.3, -0.25) is 0 Å². The highest BCUT2D eigenvalue weighted by Crippen LogP contribution is 2.34. The molecule has 1 aromatic rings. The van der Waals surface area contributed by atoms with Crippen molar-refractivity contribution in [1.29, 1.82) is 0 Å². The Morgan fingerprint density at radius 3 is 2.65 bits per heavy atom. The van der Waals surface area contributed by atoms with E-state index >= 15 is 0 Å². The summed E-state index contributed by atoms with van der Waals surface area (Å²) in [6.45, 7) is 0.674. The van der Waals surface area contributed by atoms with E-state index in [-0.39, 0.29) is 11.1 Å². The van der Waals surface area contributed by atoms with E-state index in [0.717, 1.165) is 12.8 Å². The quantitative estimate of drug-likeness (QED) is 0.818. The molecule has 0 amide bonds. The number of rotatable bonds is 5. The van der Waals surface area contributed by atoms with Gasteiger partial charge in [-0.2, -0.15) is 0 Å². The molecule has 0 bridgehead atoms. The van der Waals surface area contributed by atoms with Gasteiger partial charge in [-0.1, -0.05) is 24.4 Å². The standard InChI is InChI=1S/C14H20ClN3O2/c1-18(2)14(7-3-4-8-14)9-16-12-10(13(19)20)5-6-11(15)17-12/h5-6H,3-4,7-9H2,1-2H3,(H,16,17)(H,19,20). The molecule has 0 unspecified atom stereocenters. The van der Waals surface area contributed by atoms with E-state index in [2.05, 4.69) is 29.3 Å². The van der Waals surface area contributed by atoms with Crippen molar-refractivity contribution in [3.05, 3.63) is 22.8 Å². The minimum atomic E-state index is -0.998. The number of likely N-dealkylation sites (N-methyl/N-ethyl adjacent to an activating group) is 1. The molecule has 0 spiro atoms. The molecule has 6 heteroatoms. The number of aromatic carboxylic acids is 1. The smallest absolute Gasteiger partial charge is 0.339 e. The number of carbonyl (C=O) groups is 1. The third kappa shape index (κ3) is 3.04. The van der Waals surface area contributed by atoms with Crippen molar-refractivity contribution in [1.82, 2.24) is 9.88 Å². The number of aromatic nitrogens is 1. The van der Waals surface area contributed by atoms with E-state index in [1.165, 1.54) is 25.0 Å². The summed E-state index contributed by atoms with van der Waals surface area (Å²) in [5, 5.41) is 12.7. The van der Waals surface area contributed by atoms with Crippen LogP contribution < -0.4 is 5.32 Å². The largest absolute Gasteiger partial charge is 0.478 e. The molecule has 0 aliphatic heterocycles. The molecule has 0 radical (unpaired) electrons. The van der Waals surface area contributed by atoms with Gasteiger partial charge < -0.3 is 15.3 Å². The van der Waals surface area contributed by atoms with Gasteiger partial charge in [0.05, 0.1) is 0 Å². The predicted molar refractivity (Wildman–Crippen MR) is 79.6 cm³/mol. The summed E-state index contributed by atoms with van der Waals surface area (Å²) >= 11 is 5.86. The summed E-state index contributed by atoms with van der Waals surface area (Å²) in [7, 11) is 4.13. The Hall–Kier alpha value is -1.33. The van der Waals surface area contributed by atoms with Crippen LogP contribution in [0.5, 0.6) is 0 Å². The Balaban J connectivity index is 2.17. The van der Waals surface area contributed by atoms with E-state index in [0.29, 0.717) is 17.5 Å². The molecule has 1 heterocycles. The van der Waals surface area contributed by atoms with Crippen molar-refractivity contribution in [2.75, 3.05) is 26.0 Å². The van der Waals surface area contributed by atoms with Crippen LogP contribution in [0.4, 0.5) is 5.82 Å². The molecule has 1 fully saturated rings. The second-order valence-corrected chi connectivity index (χ2v) is 5.90. The molecule has 1 aromatic heterocycles. The van der Waals surface area contributed by atoms with Crippen LogP contribution in [-0.2, 0) is 0 Å². The maximum atomic E-state index is 11.2. The molecule has 0 aromatic carbocycles. The maximum absolute atomic E-state index is 11.2. The van der Waals surface area contributed by atoms with E-state index in [9.17, 15) is 9.90 Å². The lowest BCUT2D eigenvalue weighted by atomic mass is 9.96. The van der Waals surface area contributed by atoms with Gasteiger partial charge in [0.1, 0.15) is 16.5 Å². The summed E-state index contributed by atoms with van der Waals surface area (Å²) in [4.78, 5) is 17.5. The molecule has 1 aliphatic rings. The van der Waals surface area contributed by atoms with Crippen LogP contribution in [-0.4, -0.2) is 47.1 Å². The molecular formula is C14H20ClN3O2. The summed E-state index contributed by atoms with van der Waals surface area (Å²) in [5.41, 5.74) is 0.223. The van der Waals surface area contributed by atoms with Crippen LogP contribution in [0.15, 0.2) is 12.1 Å². The molecule has 110 valence electrons. The lowest BCUT2D eigenvalue weighted by Gasteiger charge is -2.36. The predicted octanol–water partition coefficient (Wildman–Crippen LogP) is 2.72. The molecule has 20 heavy (non-hydrogen) atoms. The number of pyridine rings is 1. The summed E-state index contributed by atoms with van der Waals surface area (Å²) in [6, 6.07) is 2.98. The Kier molecular flexibility index (Phi) is 4.50. The van der Waals surface area contributed by atoms with Crippen molar-refractivity contribution < 1.29 is 9.90 Å². The van der Waals surface area contributed by atoms with Crippen LogP contribution >= 0.6 is 11.6 Å². The fraction of sp³-hybridized carbons (Fsp3) is 0.571. The van der Waals surface area contributed by atoms with E-state index < -0.39 is 5.97 Å². The van der Waals surface area contributed by atoms with Gasteiger partial charge >= 0.3 is 5.97 Å². The maximum Gasteiger partial charge on any atom is 0.339 e. The minimum absolute atomic E-state index is 0.0692. The van der Waals surface area contributed by atoms with Gasteiger partial charge in [0.25, 0.3) is 0 Å². The van der Waals surface area contributed by atoms with Crippen LogP contribution in [0.2, 0.25) is 5.15 Å². The molecule has 0 atom stereocenters. The molecule has 1 aliphatic carbocycles. The van der Waals surface area contributed by atoms with Gasteiger partial charge in [0.15, 0.2) is 0 Å². The van der Waals surface area contributed by atoms with Crippen molar-refractivity contribution >= 4 is 23.4 Å². The van der Waals surface area contributed by atoms with Gasteiger partial charge in [0, 0.05) is 12.1 Å². The number of halogens is 1. The van der Waals surface area contributed by atoms with Crippen LogP contribution in [0.1, 0.15) is 36.0 Å². The van der Waals surface area contributed by atoms with Crippen LogP contribution in [0.3, 0.4) is 0 Å². The van der Waals surface area contributed by atoms with Crippen molar-refractivity contribution in [3.8, 4) is 0 Å². The number of carboxylic acids is 1. The first kappa shape index (κ1) is 15.1. The molecule has 1 saturated carbocycles. The highest BCUT2D eigenvalue weighted by molar-refractivity contribution is 6.29. The summed E-state index contributed by atoms with van der Waals surface area (Å²) in [6.07, 6.45) is 4.62. The normalized spacial score (nSPS) is 17.4. The first-order chi connectivity index (χ1) is 9.44. The Morgan fingerprint density at radius 1 is 1.45 bits per heavy atom. The van der Waals surface area contributed by atoms with E-state index in [4.69, 9.17) is 11.6 Å². The number of hydrogen-bond acceptors (Lipinski definition) is 4. The van der Waals surface area contributed by atoms with Crippen molar-refractivity contribution in [2.45, 2.75) is 31.2 Å². The zero-order chi connectivity index (χ0) is 14.8. The third-order valence-electron chi connectivity index (χ3n) is 4.16. The van der Waals surface area contributed by atoms with Crippen LogP contribution in [0.25, 0.3) is 0 Å². The lowest BCUT2D eigenvalue weighted by molar-refractivity contribution is 0.0697. The molecule has 5 nitrogen and oxygen atoms in total. The number of anilines is 1. The molecule has 2 N–H and O–H groups in total. The topological polar surface area (TPSA) is 65.5 Å². The van der Waals surface area contributed by atoms with Gasteiger partial charge in [-0.25, -0.2) is 9.78 Å². The van der Waals surface area contributed by atoms with E-state index in [1.54, 1.807) is 0 Å². The first-order valence-corrected chi connectivity index (χ1v) is 7.13. The van der Waals surface area contributed by atoms with E-state index in [1.807, 2.05) is 0 Å². The second kappa shape index (κ2) is 5.97. The third-order valence-corrected chi connectivity index (χ3v) is 4.37. The second-order valence-electron chi connectivity index (χ2n) is 5.51. The molecular weight excluding hydrogens is 278 g/mol. The number of hydrogen-bond donors (Lipinski definition) is 2. The highest BCUT2D eigenvalue weighted by atomic mass is 35.5. The summed E-state index contributed by atoms with van der Waals surface area (Å²) < 4.78 is 0. The van der Waals surface area contributed by atoms with Crippen molar-refractivity contribution in [3.63, 3.8) is 0 Å². The minimum Gasteiger partial charge on any atom is -0.478 e. The fourth-order valence-electron chi connectivity index (χ4n) is 2.81. The number of carboxylic acid groups (broad SMARTS) is 1. The van der Waals surface area contributed by atoms with Crippen molar-refractivity contribution in [2.24, 2.45) is 0 Å². The lowest BCUT2D eigenvalue weighted by Crippen LogP contribution is -2.47. The highest BCUT2D eigenvalue weighted by Gasteiger charge is 2.36. The Morgan fingerprint density at radius 2 is 2.10 bits per heavy atom. The Labute approximate surface area is 123 Å². The molecule has 0 saturated heterocycles. The fourth-order valence-corrected chi connectivity index (χ4v) is 2.95. The average Bonchev–Trinajstić information content (AvgIpc) is 2.86. The Bertz CT molecular complexity index is 499. The zero-order valence-electron chi connectivity index (χ0n) is 11.8. The van der Waals surface area contributed by atoms with Gasteiger partial charge in [-0.05, 0) is 39.1 Å². The SMILES string of the molecule is CN(C)C1(CNc2nc(Cl)ccc2C(=O)O)CCCC1. The molecule has 2 rings (SSSR count). The monoisotopic (exact) mass is 297 g/mol. The number of nitrogens with zero attached hydrogens (tertiary/aromatic N) is 2. The van der Waals surface area contributed by atoms with Gasteiger partial charge in [-0.15, -0.1) is 0 Å². The van der Waals surface area contributed by atoms with Crippen LogP contribution in [0, 0.1) is 0 Å². The number of nitrogens with one attached hydrogen (secondary N) is 1. The van der Waals surface area contributed by atoms with Gasteiger partial charge in [0.2, 0.25) is 0 Å².